The Balaban J connectivity index is 0.00000225. The molecule has 4 nitrogen and oxygen atoms in total. The van der Waals surface area contributed by atoms with Gasteiger partial charge in [0.15, 0.2) is 0 Å². The van der Waals surface area contributed by atoms with Crippen LogP contribution in [0.4, 0.5) is 5.69 Å². The molecule has 1 atom stereocenters. The summed E-state index contributed by atoms with van der Waals surface area (Å²) >= 11 is 0. The fraction of sp³-hybridized carbons (Fsp3) is 0.364. The molecule has 0 aliphatic rings. The number of rotatable bonds is 3. The molecular weight excluding hydrogens is 228 g/mol. The number of nitrogens with two attached hydrogens (primary N) is 1. The third kappa shape index (κ3) is 3.48. The lowest BCUT2D eigenvalue weighted by Gasteiger charge is -2.13. The minimum absolute atomic E-state index is 0. The molecule has 16 heavy (non-hydrogen) atoms. The van der Waals surface area contributed by atoms with Gasteiger partial charge < -0.3 is 16.2 Å². The van der Waals surface area contributed by atoms with Crippen LogP contribution in [-0.2, 0) is 4.79 Å². The van der Waals surface area contributed by atoms with Gasteiger partial charge in [0.25, 0.3) is 0 Å². The van der Waals surface area contributed by atoms with Gasteiger partial charge in [-0.2, -0.15) is 0 Å². The highest BCUT2D eigenvalue weighted by Crippen LogP contribution is 2.19. The van der Waals surface area contributed by atoms with Gasteiger partial charge in [-0.15, -0.1) is 12.4 Å². The van der Waals surface area contributed by atoms with E-state index in [4.69, 9.17) is 10.8 Å². The number of amides is 1. The maximum atomic E-state index is 11.5. The van der Waals surface area contributed by atoms with Crippen LogP contribution in [0.1, 0.15) is 11.1 Å². The molecule has 0 unspecified atom stereocenters. The number of nitrogens with one attached hydrogen (secondary N) is 1. The number of benzene rings is 1. The SMILES string of the molecule is Cc1cccc(C)c1NC(=O)[C@@H](N)CO.Cl. The van der Waals surface area contributed by atoms with Crippen LogP contribution in [0.3, 0.4) is 0 Å². The summed E-state index contributed by atoms with van der Waals surface area (Å²) in [6.45, 7) is 3.47. The van der Waals surface area contributed by atoms with E-state index >= 15 is 0 Å². The summed E-state index contributed by atoms with van der Waals surface area (Å²) in [6.07, 6.45) is 0. The van der Waals surface area contributed by atoms with Crippen molar-refractivity contribution in [2.75, 3.05) is 11.9 Å². The third-order valence-electron chi connectivity index (χ3n) is 2.26. The number of aliphatic hydroxyl groups is 1. The Morgan fingerprint density at radius 1 is 1.44 bits per heavy atom. The van der Waals surface area contributed by atoms with E-state index in [2.05, 4.69) is 5.32 Å². The second-order valence-corrected chi connectivity index (χ2v) is 3.55. The molecule has 0 radical (unpaired) electrons. The minimum Gasteiger partial charge on any atom is -0.394 e. The molecule has 0 aliphatic carbocycles. The first-order valence-electron chi connectivity index (χ1n) is 4.79. The summed E-state index contributed by atoms with van der Waals surface area (Å²) in [6, 6.07) is 4.87. The van der Waals surface area contributed by atoms with E-state index in [0.717, 1.165) is 16.8 Å². The van der Waals surface area contributed by atoms with Crippen LogP contribution in [0, 0.1) is 13.8 Å². The Morgan fingerprint density at radius 3 is 2.38 bits per heavy atom. The number of hydrogen-bond donors (Lipinski definition) is 3. The zero-order chi connectivity index (χ0) is 11.4. The monoisotopic (exact) mass is 244 g/mol. The lowest BCUT2D eigenvalue weighted by Crippen LogP contribution is -2.38. The van der Waals surface area contributed by atoms with E-state index in [1.807, 2.05) is 32.0 Å². The van der Waals surface area contributed by atoms with Gasteiger partial charge in [-0.05, 0) is 25.0 Å². The van der Waals surface area contributed by atoms with Crippen molar-refractivity contribution >= 4 is 24.0 Å². The van der Waals surface area contributed by atoms with Gasteiger partial charge in [-0.3, -0.25) is 4.79 Å². The predicted molar refractivity (Wildman–Crippen MR) is 66.9 cm³/mol. The molecule has 0 bridgehead atoms. The number of hydrogen-bond acceptors (Lipinski definition) is 3. The average molecular weight is 245 g/mol. The largest absolute Gasteiger partial charge is 0.394 e. The van der Waals surface area contributed by atoms with Crippen molar-refractivity contribution in [1.29, 1.82) is 0 Å². The number of halogens is 1. The van der Waals surface area contributed by atoms with E-state index < -0.39 is 6.04 Å². The lowest BCUT2D eigenvalue weighted by atomic mass is 10.1. The van der Waals surface area contributed by atoms with Crippen molar-refractivity contribution in [3.63, 3.8) is 0 Å². The topological polar surface area (TPSA) is 75.4 Å². The molecule has 0 aromatic heterocycles. The van der Waals surface area contributed by atoms with Crippen molar-refractivity contribution in [2.45, 2.75) is 19.9 Å². The van der Waals surface area contributed by atoms with Crippen LogP contribution in [0.2, 0.25) is 0 Å². The van der Waals surface area contributed by atoms with Crippen molar-refractivity contribution < 1.29 is 9.90 Å². The normalized spacial score (nSPS) is 11.5. The van der Waals surface area contributed by atoms with Crippen LogP contribution in [-0.4, -0.2) is 23.7 Å². The smallest absolute Gasteiger partial charge is 0.243 e. The second-order valence-electron chi connectivity index (χ2n) is 3.55. The quantitative estimate of drug-likeness (QED) is 0.742. The number of aryl methyl sites for hydroxylation is 2. The molecule has 0 heterocycles. The summed E-state index contributed by atoms with van der Waals surface area (Å²) in [4.78, 5) is 11.5. The molecule has 1 aromatic carbocycles. The number of anilines is 1. The summed E-state index contributed by atoms with van der Waals surface area (Å²) in [5, 5.41) is 11.4. The van der Waals surface area contributed by atoms with Gasteiger partial charge in [-0.1, -0.05) is 18.2 Å². The van der Waals surface area contributed by atoms with Gasteiger partial charge in [-0.25, -0.2) is 0 Å². The predicted octanol–water partition coefficient (Wildman–Crippen LogP) is 0.983. The Morgan fingerprint density at radius 2 is 1.94 bits per heavy atom. The summed E-state index contributed by atoms with van der Waals surface area (Å²) < 4.78 is 0. The van der Waals surface area contributed by atoms with Gasteiger partial charge in [0, 0.05) is 5.69 Å². The highest BCUT2D eigenvalue weighted by Gasteiger charge is 2.13. The summed E-state index contributed by atoms with van der Waals surface area (Å²) in [5.74, 6) is -0.366. The first kappa shape index (κ1) is 14.9. The Hall–Kier alpha value is -1.10. The van der Waals surface area contributed by atoms with Crippen LogP contribution in [0.15, 0.2) is 18.2 Å². The number of carbonyl (C=O) groups excluding carboxylic acids is 1. The van der Waals surface area contributed by atoms with Crippen LogP contribution in [0.5, 0.6) is 0 Å². The first-order chi connectivity index (χ1) is 7.06. The van der Waals surface area contributed by atoms with Gasteiger partial charge in [0.2, 0.25) is 5.91 Å². The van der Waals surface area contributed by atoms with Crippen LogP contribution < -0.4 is 11.1 Å². The highest BCUT2D eigenvalue weighted by molar-refractivity contribution is 5.96. The first-order valence-corrected chi connectivity index (χ1v) is 4.79. The molecule has 1 amide bonds. The van der Waals surface area contributed by atoms with E-state index in [9.17, 15) is 4.79 Å². The van der Waals surface area contributed by atoms with E-state index in [0.29, 0.717) is 0 Å². The summed E-state index contributed by atoms with van der Waals surface area (Å²) in [7, 11) is 0. The van der Waals surface area contributed by atoms with Gasteiger partial charge >= 0.3 is 0 Å². The zero-order valence-corrected chi connectivity index (χ0v) is 10.2. The molecule has 90 valence electrons. The van der Waals surface area contributed by atoms with Crippen LogP contribution in [0.25, 0.3) is 0 Å². The van der Waals surface area contributed by atoms with Gasteiger partial charge in [0.05, 0.1) is 6.61 Å². The number of para-hydroxylation sites is 1. The molecule has 4 N–H and O–H groups in total. The van der Waals surface area contributed by atoms with Crippen molar-refractivity contribution in [3.05, 3.63) is 29.3 Å². The fourth-order valence-corrected chi connectivity index (χ4v) is 1.31. The van der Waals surface area contributed by atoms with E-state index in [1.165, 1.54) is 0 Å². The number of carbonyl (C=O) groups is 1. The van der Waals surface area contributed by atoms with E-state index in [-0.39, 0.29) is 24.9 Å². The minimum atomic E-state index is -0.871. The second kappa shape index (κ2) is 6.48. The molecule has 0 spiro atoms. The number of aliphatic hydroxyl groups excluding tert-OH is 1. The fourth-order valence-electron chi connectivity index (χ4n) is 1.31. The van der Waals surface area contributed by atoms with Crippen molar-refractivity contribution in [1.82, 2.24) is 0 Å². The molecule has 1 rings (SSSR count). The Kier molecular flexibility index (Phi) is 6.03. The van der Waals surface area contributed by atoms with Crippen molar-refractivity contribution in [2.24, 2.45) is 5.73 Å². The maximum Gasteiger partial charge on any atom is 0.243 e. The zero-order valence-electron chi connectivity index (χ0n) is 9.36. The van der Waals surface area contributed by atoms with E-state index in [1.54, 1.807) is 0 Å². The molecule has 5 heteroatoms. The van der Waals surface area contributed by atoms with Crippen LogP contribution >= 0.6 is 12.4 Å². The molecule has 0 fully saturated rings. The molecule has 0 saturated carbocycles. The standard InChI is InChI=1S/C11H16N2O2.ClH/c1-7-4-3-5-8(2)10(7)13-11(15)9(12)6-14;/h3-5,9,14H,6,12H2,1-2H3,(H,13,15);1H/t9-;/m0./s1. The Labute approximate surface area is 101 Å². The maximum absolute atomic E-state index is 11.5. The highest BCUT2D eigenvalue weighted by atomic mass is 35.5. The summed E-state index contributed by atoms with van der Waals surface area (Å²) in [5.41, 5.74) is 8.13. The van der Waals surface area contributed by atoms with Crippen molar-refractivity contribution in [3.8, 4) is 0 Å². The third-order valence-corrected chi connectivity index (χ3v) is 2.26. The Bertz CT molecular complexity index is 349. The average Bonchev–Trinajstić information content (AvgIpc) is 2.22. The van der Waals surface area contributed by atoms with Gasteiger partial charge in [0.1, 0.15) is 6.04 Å². The molecular formula is C11H17ClN2O2. The molecule has 0 aliphatic heterocycles. The lowest BCUT2D eigenvalue weighted by molar-refractivity contribution is -0.118. The molecule has 1 aromatic rings. The molecule has 0 saturated heterocycles.